The van der Waals surface area contributed by atoms with E-state index in [4.69, 9.17) is 4.74 Å². The standard InChI is InChI=1S/C21H23N5O2/c27-21(10-7-17-5-2-1-3-6-17)25-15-11-18(12-16-25)28-20-9-8-19(23-24-20)26-14-4-13-22-26/h1-6,8-9,13-14,18H,7,10-12,15-16H2. The van der Waals surface area contributed by atoms with E-state index in [9.17, 15) is 4.79 Å². The van der Waals surface area contributed by atoms with Crippen molar-refractivity contribution < 1.29 is 9.53 Å². The van der Waals surface area contributed by atoms with Gasteiger partial charge in [0.2, 0.25) is 11.8 Å². The quantitative estimate of drug-likeness (QED) is 0.660. The van der Waals surface area contributed by atoms with Gasteiger partial charge in [0, 0.05) is 50.8 Å². The second-order valence-electron chi connectivity index (χ2n) is 6.86. The molecular formula is C21H23N5O2. The lowest BCUT2D eigenvalue weighted by Crippen LogP contribution is -2.42. The summed E-state index contributed by atoms with van der Waals surface area (Å²) in [7, 11) is 0. The van der Waals surface area contributed by atoms with Crippen LogP contribution >= 0.6 is 0 Å². The van der Waals surface area contributed by atoms with E-state index >= 15 is 0 Å². The first-order valence-electron chi connectivity index (χ1n) is 9.60. The van der Waals surface area contributed by atoms with Crippen LogP contribution in [0.1, 0.15) is 24.8 Å². The van der Waals surface area contributed by atoms with E-state index in [1.165, 1.54) is 5.56 Å². The number of aryl methyl sites for hydroxylation is 1. The first-order chi connectivity index (χ1) is 13.8. The van der Waals surface area contributed by atoms with Crippen molar-refractivity contribution in [2.24, 2.45) is 0 Å². The number of likely N-dealkylation sites (tertiary alicyclic amines) is 1. The smallest absolute Gasteiger partial charge is 0.233 e. The van der Waals surface area contributed by atoms with Gasteiger partial charge < -0.3 is 9.64 Å². The SMILES string of the molecule is O=C(CCc1ccccc1)N1CCC(Oc2ccc(-n3cccn3)nn2)CC1. The average Bonchev–Trinajstić information content (AvgIpc) is 3.29. The fourth-order valence-corrected chi connectivity index (χ4v) is 3.35. The number of hydrogen-bond donors (Lipinski definition) is 0. The van der Waals surface area contributed by atoms with Gasteiger partial charge in [0.15, 0.2) is 5.82 Å². The third-order valence-corrected chi connectivity index (χ3v) is 4.92. The maximum atomic E-state index is 12.4. The number of amides is 1. The number of piperidine rings is 1. The summed E-state index contributed by atoms with van der Waals surface area (Å²) in [5.41, 5.74) is 1.20. The normalized spacial score (nSPS) is 14.8. The molecule has 1 saturated heterocycles. The van der Waals surface area contributed by atoms with E-state index in [2.05, 4.69) is 27.4 Å². The Kier molecular flexibility index (Phi) is 5.61. The second-order valence-corrected chi connectivity index (χ2v) is 6.86. The molecule has 3 heterocycles. The topological polar surface area (TPSA) is 73.1 Å². The molecule has 4 rings (SSSR count). The molecule has 1 fully saturated rings. The zero-order valence-electron chi connectivity index (χ0n) is 15.6. The summed E-state index contributed by atoms with van der Waals surface area (Å²) in [5.74, 6) is 1.37. The van der Waals surface area contributed by atoms with Gasteiger partial charge in [-0.3, -0.25) is 4.79 Å². The zero-order chi connectivity index (χ0) is 19.2. The van der Waals surface area contributed by atoms with Gasteiger partial charge in [-0.1, -0.05) is 30.3 Å². The van der Waals surface area contributed by atoms with Crippen LogP contribution in [0.15, 0.2) is 60.9 Å². The molecule has 0 radical (unpaired) electrons. The van der Waals surface area contributed by atoms with Gasteiger partial charge in [-0.05, 0) is 24.1 Å². The van der Waals surface area contributed by atoms with Gasteiger partial charge in [-0.2, -0.15) is 5.10 Å². The van der Waals surface area contributed by atoms with E-state index in [0.717, 1.165) is 32.4 Å². The van der Waals surface area contributed by atoms with Gasteiger partial charge in [0.25, 0.3) is 0 Å². The van der Waals surface area contributed by atoms with Crippen LogP contribution in [0.2, 0.25) is 0 Å². The van der Waals surface area contributed by atoms with Gasteiger partial charge in [0.1, 0.15) is 6.10 Å². The lowest BCUT2D eigenvalue weighted by atomic mass is 10.1. The molecular weight excluding hydrogens is 354 g/mol. The van der Waals surface area contributed by atoms with Gasteiger partial charge in [-0.25, -0.2) is 4.68 Å². The highest BCUT2D eigenvalue weighted by Crippen LogP contribution is 2.18. The third-order valence-electron chi connectivity index (χ3n) is 4.92. The maximum Gasteiger partial charge on any atom is 0.233 e. The van der Waals surface area contributed by atoms with Gasteiger partial charge >= 0.3 is 0 Å². The van der Waals surface area contributed by atoms with Gasteiger partial charge in [-0.15, -0.1) is 10.2 Å². The molecule has 2 aromatic heterocycles. The van der Waals surface area contributed by atoms with Crippen LogP contribution in [0.5, 0.6) is 5.88 Å². The molecule has 0 atom stereocenters. The van der Waals surface area contributed by atoms with Crippen LogP contribution in [0.4, 0.5) is 0 Å². The van der Waals surface area contributed by atoms with Crippen molar-refractivity contribution in [3.8, 4) is 11.7 Å². The number of hydrogen-bond acceptors (Lipinski definition) is 5. The van der Waals surface area contributed by atoms with E-state index in [0.29, 0.717) is 18.1 Å². The maximum absolute atomic E-state index is 12.4. The minimum Gasteiger partial charge on any atom is -0.473 e. The minimum atomic E-state index is 0.0584. The van der Waals surface area contributed by atoms with Crippen molar-refractivity contribution in [2.75, 3.05) is 13.1 Å². The highest BCUT2D eigenvalue weighted by molar-refractivity contribution is 5.76. The second kappa shape index (κ2) is 8.65. The summed E-state index contributed by atoms with van der Waals surface area (Å²) in [6.07, 6.45) is 6.52. The number of nitrogens with zero attached hydrogens (tertiary/aromatic N) is 5. The summed E-state index contributed by atoms with van der Waals surface area (Å²) in [5, 5.41) is 12.4. The number of aromatic nitrogens is 4. The fourth-order valence-electron chi connectivity index (χ4n) is 3.35. The largest absolute Gasteiger partial charge is 0.473 e. The summed E-state index contributed by atoms with van der Waals surface area (Å²) in [4.78, 5) is 14.4. The van der Waals surface area contributed by atoms with Crippen molar-refractivity contribution in [2.45, 2.75) is 31.8 Å². The molecule has 144 valence electrons. The highest BCUT2D eigenvalue weighted by atomic mass is 16.5. The molecule has 0 N–H and O–H groups in total. The van der Waals surface area contributed by atoms with Crippen LogP contribution in [0, 0.1) is 0 Å². The lowest BCUT2D eigenvalue weighted by molar-refractivity contribution is -0.132. The van der Waals surface area contributed by atoms with Gasteiger partial charge in [0.05, 0.1) is 0 Å². The molecule has 0 bridgehead atoms. The van der Waals surface area contributed by atoms with E-state index < -0.39 is 0 Å². The molecule has 28 heavy (non-hydrogen) atoms. The number of ether oxygens (including phenoxy) is 1. The molecule has 3 aromatic rings. The molecule has 1 aliphatic heterocycles. The van der Waals surface area contributed by atoms with E-state index in [1.54, 1.807) is 16.9 Å². The minimum absolute atomic E-state index is 0.0584. The van der Waals surface area contributed by atoms with Crippen molar-refractivity contribution >= 4 is 5.91 Å². The Balaban J connectivity index is 1.23. The van der Waals surface area contributed by atoms with Crippen LogP contribution in [-0.4, -0.2) is 50.0 Å². The molecule has 0 spiro atoms. The molecule has 7 nitrogen and oxygen atoms in total. The number of rotatable bonds is 6. The molecule has 0 unspecified atom stereocenters. The number of carbonyl (C=O) groups excluding carboxylic acids is 1. The lowest BCUT2D eigenvalue weighted by Gasteiger charge is -2.32. The zero-order valence-corrected chi connectivity index (χ0v) is 15.6. The summed E-state index contributed by atoms with van der Waals surface area (Å²) in [6.45, 7) is 1.44. The summed E-state index contributed by atoms with van der Waals surface area (Å²) >= 11 is 0. The molecule has 0 aliphatic carbocycles. The van der Waals surface area contributed by atoms with Crippen molar-refractivity contribution in [3.05, 3.63) is 66.5 Å². The Morgan fingerprint density at radius 1 is 1.04 bits per heavy atom. The van der Waals surface area contributed by atoms with Crippen LogP contribution in [0.3, 0.4) is 0 Å². The summed E-state index contributed by atoms with van der Waals surface area (Å²) in [6, 6.07) is 15.6. The number of benzene rings is 1. The Hall–Kier alpha value is -3.22. The monoisotopic (exact) mass is 377 g/mol. The number of carbonyl (C=O) groups is 1. The molecule has 0 saturated carbocycles. The Labute approximate surface area is 164 Å². The fraction of sp³-hybridized carbons (Fsp3) is 0.333. The molecule has 1 aliphatic rings. The predicted octanol–water partition coefficient (Wildman–Crippen LogP) is 2.66. The predicted molar refractivity (Wildman–Crippen MR) is 104 cm³/mol. The first kappa shape index (κ1) is 18.2. The molecule has 1 aromatic carbocycles. The van der Waals surface area contributed by atoms with Crippen LogP contribution in [-0.2, 0) is 11.2 Å². The Morgan fingerprint density at radius 3 is 2.54 bits per heavy atom. The van der Waals surface area contributed by atoms with Crippen molar-refractivity contribution in [3.63, 3.8) is 0 Å². The summed E-state index contributed by atoms with van der Waals surface area (Å²) < 4.78 is 7.59. The molecule has 7 heteroatoms. The first-order valence-corrected chi connectivity index (χ1v) is 9.60. The van der Waals surface area contributed by atoms with Crippen LogP contribution in [0.25, 0.3) is 5.82 Å². The third kappa shape index (κ3) is 4.54. The highest BCUT2D eigenvalue weighted by Gasteiger charge is 2.24. The molecule has 1 amide bonds. The Bertz CT molecular complexity index is 873. The average molecular weight is 377 g/mol. The van der Waals surface area contributed by atoms with Crippen molar-refractivity contribution in [1.82, 2.24) is 24.9 Å². The van der Waals surface area contributed by atoms with Crippen LogP contribution < -0.4 is 4.74 Å². The Morgan fingerprint density at radius 2 is 1.86 bits per heavy atom. The van der Waals surface area contributed by atoms with E-state index in [-0.39, 0.29) is 12.0 Å². The van der Waals surface area contributed by atoms with E-state index in [1.807, 2.05) is 41.4 Å². The van der Waals surface area contributed by atoms with Crippen molar-refractivity contribution in [1.29, 1.82) is 0 Å².